The lowest BCUT2D eigenvalue weighted by atomic mass is 10.2. The molecule has 2 N–H and O–H groups in total. The first-order chi connectivity index (χ1) is 12.7. The van der Waals surface area contributed by atoms with E-state index in [1.807, 2.05) is 36.4 Å². The molecule has 26 heavy (non-hydrogen) atoms. The van der Waals surface area contributed by atoms with Crippen LogP contribution in [0.1, 0.15) is 16.1 Å². The minimum absolute atomic E-state index is 0.233. The van der Waals surface area contributed by atoms with Gasteiger partial charge in [0, 0.05) is 11.6 Å². The maximum Gasteiger partial charge on any atom is 0.270 e. The summed E-state index contributed by atoms with van der Waals surface area (Å²) >= 11 is 5.85. The monoisotopic (exact) mass is 367 g/mol. The Bertz CT molecular complexity index is 880. The highest BCUT2D eigenvalue weighted by atomic mass is 35.5. The third kappa shape index (κ3) is 4.52. The third-order valence-corrected chi connectivity index (χ3v) is 4.00. The number of nitrogens with zero attached hydrogens (tertiary/aromatic N) is 1. The number of methoxy groups -OCH3 is 1. The van der Waals surface area contributed by atoms with Crippen molar-refractivity contribution in [3.8, 4) is 5.75 Å². The van der Waals surface area contributed by atoms with Crippen LogP contribution in [0.3, 0.4) is 0 Å². The zero-order chi connectivity index (χ0) is 18.4. The van der Waals surface area contributed by atoms with Crippen molar-refractivity contribution in [3.05, 3.63) is 83.1 Å². The molecule has 0 aliphatic rings. The van der Waals surface area contributed by atoms with Crippen molar-refractivity contribution in [2.45, 2.75) is 6.54 Å². The second-order valence-corrected chi connectivity index (χ2v) is 6.00. The van der Waals surface area contributed by atoms with Gasteiger partial charge in [0.1, 0.15) is 11.4 Å². The van der Waals surface area contributed by atoms with Gasteiger partial charge in [-0.1, -0.05) is 35.9 Å². The minimum atomic E-state index is -0.233. The molecule has 0 spiro atoms. The Morgan fingerprint density at radius 2 is 1.85 bits per heavy atom. The number of hydrogen-bond donors (Lipinski definition) is 2. The Morgan fingerprint density at radius 1 is 1.08 bits per heavy atom. The van der Waals surface area contributed by atoms with Gasteiger partial charge >= 0.3 is 0 Å². The number of aromatic nitrogens is 1. The molecule has 5 nitrogen and oxygen atoms in total. The van der Waals surface area contributed by atoms with Crippen LogP contribution in [0, 0.1) is 0 Å². The van der Waals surface area contributed by atoms with Gasteiger partial charge in [0.05, 0.1) is 24.7 Å². The fourth-order valence-corrected chi connectivity index (χ4v) is 2.51. The zero-order valence-corrected chi connectivity index (χ0v) is 15.0. The Balaban J connectivity index is 1.61. The largest absolute Gasteiger partial charge is 0.495 e. The van der Waals surface area contributed by atoms with Crippen LogP contribution >= 0.6 is 11.6 Å². The number of nitrogens with one attached hydrogen (secondary N) is 2. The molecule has 0 atom stereocenters. The lowest BCUT2D eigenvalue weighted by molar-refractivity contribution is 0.0946. The molecule has 0 bridgehead atoms. The number of hydrogen-bond acceptors (Lipinski definition) is 4. The molecule has 3 aromatic rings. The van der Waals surface area contributed by atoms with Gasteiger partial charge in [0.15, 0.2) is 0 Å². The van der Waals surface area contributed by atoms with Gasteiger partial charge < -0.3 is 15.4 Å². The van der Waals surface area contributed by atoms with Crippen molar-refractivity contribution >= 4 is 28.9 Å². The first-order valence-electron chi connectivity index (χ1n) is 8.04. The second kappa shape index (κ2) is 8.36. The Labute approximate surface area is 157 Å². The highest BCUT2D eigenvalue weighted by molar-refractivity contribution is 6.30. The molecule has 1 amide bonds. The number of ether oxygens (including phenoxy) is 1. The summed E-state index contributed by atoms with van der Waals surface area (Å²) in [5, 5.41) is 6.72. The smallest absolute Gasteiger partial charge is 0.270 e. The molecular formula is C20H18ClN3O2. The van der Waals surface area contributed by atoms with Crippen LogP contribution < -0.4 is 15.4 Å². The molecule has 0 saturated carbocycles. The Hall–Kier alpha value is -3.05. The molecule has 2 aromatic carbocycles. The van der Waals surface area contributed by atoms with Crippen molar-refractivity contribution in [2.24, 2.45) is 0 Å². The van der Waals surface area contributed by atoms with E-state index in [4.69, 9.17) is 16.3 Å². The second-order valence-electron chi connectivity index (χ2n) is 5.57. The van der Waals surface area contributed by atoms with E-state index in [0.29, 0.717) is 17.3 Å². The molecule has 0 unspecified atom stereocenters. The minimum Gasteiger partial charge on any atom is -0.495 e. The highest BCUT2D eigenvalue weighted by Gasteiger charge is 2.08. The van der Waals surface area contributed by atoms with Gasteiger partial charge in [0.2, 0.25) is 0 Å². The van der Waals surface area contributed by atoms with E-state index < -0.39 is 0 Å². The fourth-order valence-electron chi connectivity index (χ4n) is 2.38. The molecule has 1 aromatic heterocycles. The van der Waals surface area contributed by atoms with Crippen LogP contribution in [0.5, 0.6) is 5.75 Å². The quantitative estimate of drug-likeness (QED) is 0.677. The Kier molecular flexibility index (Phi) is 5.71. The standard InChI is InChI=1S/C20H18ClN3O2/c1-26-19-5-3-2-4-17(19)24-16-10-11-18(22-13-16)20(25)23-12-14-6-8-15(21)9-7-14/h2-11,13,24H,12H2,1H3,(H,23,25). The summed E-state index contributed by atoms with van der Waals surface area (Å²) in [4.78, 5) is 16.4. The van der Waals surface area contributed by atoms with Crippen molar-refractivity contribution < 1.29 is 9.53 Å². The number of amides is 1. The first-order valence-corrected chi connectivity index (χ1v) is 8.42. The number of rotatable bonds is 6. The van der Waals surface area contributed by atoms with E-state index in [9.17, 15) is 4.79 Å². The van der Waals surface area contributed by atoms with Crippen LogP contribution in [0.2, 0.25) is 5.02 Å². The number of carbonyl (C=O) groups excluding carboxylic acids is 1. The number of pyridine rings is 1. The van der Waals surface area contributed by atoms with E-state index in [2.05, 4.69) is 15.6 Å². The molecule has 0 fully saturated rings. The van der Waals surface area contributed by atoms with Crippen molar-refractivity contribution in [1.29, 1.82) is 0 Å². The molecule has 0 aliphatic heterocycles. The van der Waals surface area contributed by atoms with Gasteiger partial charge in [-0.25, -0.2) is 4.98 Å². The van der Waals surface area contributed by atoms with Crippen LogP contribution in [0.25, 0.3) is 0 Å². The Morgan fingerprint density at radius 3 is 2.54 bits per heavy atom. The maximum absolute atomic E-state index is 12.2. The summed E-state index contributed by atoms with van der Waals surface area (Å²) < 4.78 is 5.31. The van der Waals surface area contributed by atoms with Crippen LogP contribution in [-0.4, -0.2) is 18.0 Å². The van der Waals surface area contributed by atoms with Crippen molar-refractivity contribution in [1.82, 2.24) is 10.3 Å². The van der Waals surface area contributed by atoms with E-state index in [0.717, 1.165) is 22.7 Å². The van der Waals surface area contributed by atoms with Crippen molar-refractivity contribution in [3.63, 3.8) is 0 Å². The highest BCUT2D eigenvalue weighted by Crippen LogP contribution is 2.26. The summed E-state index contributed by atoms with van der Waals surface area (Å²) in [5.74, 6) is 0.501. The van der Waals surface area contributed by atoms with Gasteiger partial charge in [0.25, 0.3) is 5.91 Å². The molecule has 0 saturated heterocycles. The lowest BCUT2D eigenvalue weighted by Crippen LogP contribution is -2.23. The molecule has 0 radical (unpaired) electrons. The number of anilines is 2. The van der Waals surface area contributed by atoms with Crippen LogP contribution in [0.4, 0.5) is 11.4 Å². The van der Waals surface area contributed by atoms with Gasteiger partial charge in [-0.3, -0.25) is 4.79 Å². The van der Waals surface area contributed by atoms with Crippen LogP contribution in [-0.2, 0) is 6.54 Å². The number of halogens is 1. The average molecular weight is 368 g/mol. The summed E-state index contributed by atoms with van der Waals surface area (Å²) in [6, 6.07) is 18.4. The van der Waals surface area contributed by atoms with Crippen molar-refractivity contribution in [2.75, 3.05) is 12.4 Å². The SMILES string of the molecule is COc1ccccc1Nc1ccc(C(=O)NCc2ccc(Cl)cc2)nc1. The maximum atomic E-state index is 12.2. The molecular weight excluding hydrogens is 350 g/mol. The van der Waals surface area contributed by atoms with Gasteiger partial charge in [-0.05, 0) is 42.0 Å². The predicted molar refractivity (Wildman–Crippen MR) is 103 cm³/mol. The molecule has 1 heterocycles. The number of benzene rings is 2. The van der Waals surface area contributed by atoms with Gasteiger partial charge in [-0.2, -0.15) is 0 Å². The summed E-state index contributed by atoms with van der Waals surface area (Å²) in [7, 11) is 1.62. The predicted octanol–water partition coefficient (Wildman–Crippen LogP) is 4.42. The third-order valence-electron chi connectivity index (χ3n) is 3.75. The first kappa shape index (κ1) is 17.8. The molecule has 3 rings (SSSR count). The van der Waals surface area contributed by atoms with E-state index >= 15 is 0 Å². The van der Waals surface area contributed by atoms with Gasteiger partial charge in [-0.15, -0.1) is 0 Å². The number of para-hydroxylation sites is 2. The average Bonchev–Trinajstić information content (AvgIpc) is 2.68. The number of carbonyl (C=O) groups is 1. The topological polar surface area (TPSA) is 63.2 Å². The van der Waals surface area contributed by atoms with E-state index in [-0.39, 0.29) is 5.91 Å². The fraction of sp³-hybridized carbons (Fsp3) is 0.100. The van der Waals surface area contributed by atoms with E-state index in [1.54, 1.807) is 37.6 Å². The molecule has 132 valence electrons. The lowest BCUT2D eigenvalue weighted by Gasteiger charge is -2.11. The van der Waals surface area contributed by atoms with Crippen LogP contribution in [0.15, 0.2) is 66.9 Å². The summed E-state index contributed by atoms with van der Waals surface area (Å²) in [6.07, 6.45) is 1.61. The zero-order valence-electron chi connectivity index (χ0n) is 14.2. The summed E-state index contributed by atoms with van der Waals surface area (Å²) in [5.41, 5.74) is 2.92. The van der Waals surface area contributed by atoms with E-state index in [1.165, 1.54) is 0 Å². The summed E-state index contributed by atoms with van der Waals surface area (Å²) in [6.45, 7) is 0.416. The molecule has 6 heteroatoms. The molecule has 0 aliphatic carbocycles. The normalized spacial score (nSPS) is 10.2.